The molecule has 3 nitrogen and oxygen atoms in total. The molecule has 0 aliphatic carbocycles. The normalized spacial score (nSPS) is 10.4. The standard InChI is InChI=1S/C9H8N2O/c1-7-3-2-4-9-8(5-12)10-6-11(7)9/h2-6H,1H3. The number of rotatable bonds is 1. The zero-order valence-electron chi connectivity index (χ0n) is 6.69. The van der Waals surface area contributed by atoms with Gasteiger partial charge in [0.1, 0.15) is 12.0 Å². The number of aryl methyl sites for hydroxylation is 1. The number of aldehydes is 1. The number of pyridine rings is 1. The van der Waals surface area contributed by atoms with Crippen LogP contribution in [0, 0.1) is 6.92 Å². The van der Waals surface area contributed by atoms with Crippen molar-refractivity contribution < 1.29 is 4.79 Å². The Bertz CT molecular complexity index is 431. The van der Waals surface area contributed by atoms with Gasteiger partial charge in [0.2, 0.25) is 0 Å². The highest BCUT2D eigenvalue weighted by molar-refractivity contribution is 5.83. The molecule has 2 aromatic heterocycles. The molecule has 12 heavy (non-hydrogen) atoms. The summed E-state index contributed by atoms with van der Waals surface area (Å²) in [5.74, 6) is 0. The van der Waals surface area contributed by atoms with E-state index in [1.165, 1.54) is 0 Å². The summed E-state index contributed by atoms with van der Waals surface area (Å²) in [5, 5.41) is 0. The van der Waals surface area contributed by atoms with Gasteiger partial charge in [0.25, 0.3) is 0 Å². The predicted molar refractivity (Wildman–Crippen MR) is 45.3 cm³/mol. The Kier molecular flexibility index (Phi) is 1.43. The van der Waals surface area contributed by atoms with E-state index >= 15 is 0 Å². The summed E-state index contributed by atoms with van der Waals surface area (Å²) in [6.45, 7) is 1.98. The van der Waals surface area contributed by atoms with E-state index in [0.29, 0.717) is 5.69 Å². The largest absolute Gasteiger partial charge is 0.303 e. The van der Waals surface area contributed by atoms with E-state index in [-0.39, 0.29) is 0 Å². The van der Waals surface area contributed by atoms with E-state index in [1.807, 2.05) is 29.5 Å². The van der Waals surface area contributed by atoms with Crippen LogP contribution in [0.15, 0.2) is 24.5 Å². The van der Waals surface area contributed by atoms with E-state index < -0.39 is 0 Å². The fourth-order valence-corrected chi connectivity index (χ4v) is 1.27. The first-order chi connectivity index (χ1) is 5.83. The Morgan fingerprint density at radius 3 is 3.08 bits per heavy atom. The Balaban J connectivity index is 2.88. The Labute approximate surface area is 69.7 Å². The van der Waals surface area contributed by atoms with E-state index in [0.717, 1.165) is 17.5 Å². The monoisotopic (exact) mass is 160 g/mol. The summed E-state index contributed by atoms with van der Waals surface area (Å²) in [5.41, 5.74) is 2.44. The quantitative estimate of drug-likeness (QED) is 0.592. The average molecular weight is 160 g/mol. The molecule has 2 aromatic rings. The number of imidazole rings is 1. The maximum absolute atomic E-state index is 10.5. The van der Waals surface area contributed by atoms with Crippen LogP contribution in [0.4, 0.5) is 0 Å². The lowest BCUT2D eigenvalue weighted by molar-refractivity contribution is 0.112. The summed E-state index contributed by atoms with van der Waals surface area (Å²) in [6, 6.07) is 5.77. The molecule has 0 unspecified atom stereocenters. The predicted octanol–water partition coefficient (Wildman–Crippen LogP) is 1.46. The van der Waals surface area contributed by atoms with Crippen molar-refractivity contribution in [2.24, 2.45) is 0 Å². The minimum Gasteiger partial charge on any atom is -0.303 e. The minimum atomic E-state index is 0.499. The lowest BCUT2D eigenvalue weighted by Crippen LogP contribution is -1.88. The first-order valence-electron chi connectivity index (χ1n) is 3.71. The van der Waals surface area contributed by atoms with Crippen molar-refractivity contribution in [2.75, 3.05) is 0 Å². The Hall–Kier alpha value is -1.64. The second kappa shape index (κ2) is 2.44. The zero-order valence-corrected chi connectivity index (χ0v) is 6.69. The summed E-state index contributed by atoms with van der Waals surface area (Å²) in [4.78, 5) is 14.5. The Morgan fingerprint density at radius 1 is 1.50 bits per heavy atom. The smallest absolute Gasteiger partial charge is 0.170 e. The maximum Gasteiger partial charge on any atom is 0.170 e. The molecule has 0 amide bonds. The van der Waals surface area contributed by atoms with Crippen LogP contribution in [0.25, 0.3) is 5.52 Å². The topological polar surface area (TPSA) is 34.4 Å². The molecule has 0 radical (unpaired) electrons. The van der Waals surface area contributed by atoms with Crippen LogP contribution >= 0.6 is 0 Å². The highest BCUT2D eigenvalue weighted by Crippen LogP contribution is 2.09. The lowest BCUT2D eigenvalue weighted by atomic mass is 10.3. The van der Waals surface area contributed by atoms with Crippen molar-refractivity contribution in [3.8, 4) is 0 Å². The van der Waals surface area contributed by atoms with E-state index in [4.69, 9.17) is 0 Å². The number of carbonyl (C=O) groups excluding carboxylic acids is 1. The van der Waals surface area contributed by atoms with Gasteiger partial charge in [-0.05, 0) is 19.1 Å². The van der Waals surface area contributed by atoms with Crippen molar-refractivity contribution in [3.63, 3.8) is 0 Å². The molecule has 0 aliphatic rings. The van der Waals surface area contributed by atoms with E-state index in [9.17, 15) is 4.79 Å². The van der Waals surface area contributed by atoms with Crippen molar-refractivity contribution in [2.45, 2.75) is 6.92 Å². The van der Waals surface area contributed by atoms with Crippen LogP contribution in [-0.2, 0) is 0 Å². The van der Waals surface area contributed by atoms with Gasteiger partial charge in [0.15, 0.2) is 6.29 Å². The van der Waals surface area contributed by atoms with E-state index in [2.05, 4.69) is 4.98 Å². The minimum absolute atomic E-state index is 0.499. The van der Waals surface area contributed by atoms with Gasteiger partial charge in [-0.3, -0.25) is 4.79 Å². The van der Waals surface area contributed by atoms with Gasteiger partial charge in [-0.25, -0.2) is 4.98 Å². The summed E-state index contributed by atoms with van der Waals surface area (Å²) < 4.78 is 1.89. The highest BCUT2D eigenvalue weighted by atomic mass is 16.1. The summed E-state index contributed by atoms with van der Waals surface area (Å²) in [6.07, 6.45) is 2.43. The fraction of sp³-hybridized carbons (Fsp3) is 0.111. The summed E-state index contributed by atoms with van der Waals surface area (Å²) >= 11 is 0. The third-order valence-corrected chi connectivity index (χ3v) is 1.92. The molecule has 0 bridgehead atoms. The molecule has 60 valence electrons. The Morgan fingerprint density at radius 2 is 2.33 bits per heavy atom. The number of hydrogen-bond acceptors (Lipinski definition) is 2. The number of aromatic nitrogens is 2. The van der Waals surface area contributed by atoms with Crippen LogP contribution in [0.5, 0.6) is 0 Å². The van der Waals surface area contributed by atoms with Gasteiger partial charge in [0.05, 0.1) is 5.52 Å². The van der Waals surface area contributed by atoms with Crippen LogP contribution in [0.1, 0.15) is 16.2 Å². The number of fused-ring (bicyclic) bond motifs is 1. The van der Waals surface area contributed by atoms with Gasteiger partial charge >= 0.3 is 0 Å². The number of hydrogen-bond donors (Lipinski definition) is 0. The molecule has 0 atom stereocenters. The second-order valence-electron chi connectivity index (χ2n) is 2.67. The summed E-state index contributed by atoms with van der Waals surface area (Å²) in [7, 11) is 0. The average Bonchev–Trinajstić information content (AvgIpc) is 2.49. The molecule has 0 aromatic carbocycles. The molecule has 0 aliphatic heterocycles. The maximum atomic E-state index is 10.5. The van der Waals surface area contributed by atoms with Gasteiger partial charge in [0, 0.05) is 5.69 Å². The van der Waals surface area contributed by atoms with Crippen molar-refractivity contribution >= 4 is 11.8 Å². The molecule has 2 rings (SSSR count). The molecule has 2 heterocycles. The first kappa shape index (κ1) is 7.03. The van der Waals surface area contributed by atoms with Crippen LogP contribution < -0.4 is 0 Å². The lowest BCUT2D eigenvalue weighted by Gasteiger charge is -1.96. The van der Waals surface area contributed by atoms with Gasteiger partial charge in [-0.1, -0.05) is 6.07 Å². The molecule has 0 saturated heterocycles. The number of nitrogens with zero attached hydrogens (tertiary/aromatic N) is 2. The van der Waals surface area contributed by atoms with Crippen molar-refractivity contribution in [1.29, 1.82) is 0 Å². The molecule has 0 spiro atoms. The van der Waals surface area contributed by atoms with Crippen LogP contribution in [-0.4, -0.2) is 15.7 Å². The third kappa shape index (κ3) is 0.830. The van der Waals surface area contributed by atoms with Crippen LogP contribution in [0.2, 0.25) is 0 Å². The molecular formula is C9H8N2O. The van der Waals surface area contributed by atoms with Crippen molar-refractivity contribution in [3.05, 3.63) is 35.9 Å². The molecule has 0 fully saturated rings. The van der Waals surface area contributed by atoms with Crippen LogP contribution in [0.3, 0.4) is 0 Å². The SMILES string of the molecule is Cc1cccc2c(C=O)ncn12. The third-order valence-electron chi connectivity index (χ3n) is 1.92. The fourth-order valence-electron chi connectivity index (χ4n) is 1.27. The van der Waals surface area contributed by atoms with Gasteiger partial charge < -0.3 is 4.40 Å². The molecular weight excluding hydrogens is 152 g/mol. The number of carbonyl (C=O) groups is 1. The van der Waals surface area contributed by atoms with Crippen molar-refractivity contribution in [1.82, 2.24) is 9.38 Å². The zero-order chi connectivity index (χ0) is 8.55. The van der Waals surface area contributed by atoms with Gasteiger partial charge in [-0.2, -0.15) is 0 Å². The van der Waals surface area contributed by atoms with E-state index in [1.54, 1.807) is 6.33 Å². The molecule has 3 heteroatoms. The van der Waals surface area contributed by atoms with Gasteiger partial charge in [-0.15, -0.1) is 0 Å². The second-order valence-corrected chi connectivity index (χ2v) is 2.67. The molecule has 0 saturated carbocycles. The highest BCUT2D eigenvalue weighted by Gasteiger charge is 2.02. The first-order valence-corrected chi connectivity index (χ1v) is 3.71. The molecule has 0 N–H and O–H groups in total.